The zero-order valence-electron chi connectivity index (χ0n) is 9.27. The average molecular weight is 275 g/mol. The number of hydrogen-bond acceptors (Lipinski definition) is 4. The van der Waals surface area contributed by atoms with E-state index in [1.54, 1.807) is 24.3 Å². The third kappa shape index (κ3) is 2.27. The molecule has 17 heavy (non-hydrogen) atoms. The van der Waals surface area contributed by atoms with Gasteiger partial charge in [0.05, 0.1) is 21.2 Å². The number of halogens is 1. The molecule has 0 spiro atoms. The van der Waals surface area contributed by atoms with Crippen LogP contribution in [0.1, 0.15) is 19.3 Å². The van der Waals surface area contributed by atoms with Gasteiger partial charge in [-0.25, -0.2) is 8.42 Å². The Balaban J connectivity index is 2.44. The topological polar surface area (TPSA) is 72.2 Å². The predicted octanol–water partition coefficient (Wildman–Crippen LogP) is 1.91. The van der Waals surface area contributed by atoms with E-state index in [4.69, 9.17) is 17.4 Å². The first kappa shape index (κ1) is 12.7. The van der Waals surface area contributed by atoms with Crippen LogP contribution in [-0.4, -0.2) is 19.0 Å². The fourth-order valence-corrected chi connectivity index (χ4v) is 4.94. The second-order valence-corrected chi connectivity index (χ2v) is 6.87. The van der Waals surface area contributed by atoms with Crippen molar-refractivity contribution in [3.8, 4) is 0 Å². The van der Waals surface area contributed by atoms with Gasteiger partial charge in [-0.05, 0) is 25.0 Å². The number of para-hydroxylation sites is 1. The Kier molecular flexibility index (Phi) is 3.61. The highest BCUT2D eigenvalue weighted by Gasteiger charge is 2.38. The minimum Gasteiger partial charge on any atom is -0.323 e. The molecule has 2 unspecified atom stereocenters. The Labute approximate surface area is 106 Å². The summed E-state index contributed by atoms with van der Waals surface area (Å²) >= 11 is 6.08. The maximum Gasteiger partial charge on any atom is 0.184 e. The summed E-state index contributed by atoms with van der Waals surface area (Å²) in [4.78, 5) is 0.236. The van der Waals surface area contributed by atoms with E-state index in [2.05, 4.69) is 5.43 Å². The molecule has 3 N–H and O–H groups in total. The lowest BCUT2D eigenvalue weighted by Crippen LogP contribution is -2.27. The number of alkyl halides is 1. The number of nitrogens with two attached hydrogens (primary N) is 1. The van der Waals surface area contributed by atoms with Crippen molar-refractivity contribution >= 4 is 27.1 Å². The predicted molar refractivity (Wildman–Crippen MR) is 68.7 cm³/mol. The van der Waals surface area contributed by atoms with Crippen LogP contribution in [-0.2, 0) is 9.84 Å². The standard InChI is InChI=1S/C11H15ClN2O2S/c12-8-4-3-7-10(8)17(15,16)11-6-2-1-5-9(11)14-13/h1-2,5-6,8,10,14H,3-4,7,13H2. The lowest BCUT2D eigenvalue weighted by atomic mass is 10.3. The van der Waals surface area contributed by atoms with Crippen LogP contribution in [0.2, 0.25) is 0 Å². The Hall–Kier alpha value is -0.780. The number of nitrogens with one attached hydrogen (secondary N) is 1. The van der Waals surface area contributed by atoms with Gasteiger partial charge in [-0.15, -0.1) is 11.6 Å². The number of benzene rings is 1. The second-order valence-electron chi connectivity index (χ2n) is 4.17. The van der Waals surface area contributed by atoms with Crippen molar-refractivity contribution in [2.24, 2.45) is 5.84 Å². The SMILES string of the molecule is NNc1ccccc1S(=O)(=O)C1CCCC1Cl. The summed E-state index contributed by atoms with van der Waals surface area (Å²) < 4.78 is 24.9. The normalized spacial score (nSPS) is 24.8. The van der Waals surface area contributed by atoms with Crippen molar-refractivity contribution in [3.63, 3.8) is 0 Å². The summed E-state index contributed by atoms with van der Waals surface area (Å²) in [5.74, 6) is 5.33. The summed E-state index contributed by atoms with van der Waals surface area (Å²) in [5, 5.41) is -0.801. The van der Waals surface area contributed by atoms with Crippen LogP contribution in [0.3, 0.4) is 0 Å². The molecule has 0 saturated heterocycles. The minimum atomic E-state index is -3.41. The van der Waals surface area contributed by atoms with E-state index in [0.29, 0.717) is 12.1 Å². The molecule has 6 heteroatoms. The summed E-state index contributed by atoms with van der Waals surface area (Å²) in [6.45, 7) is 0. The van der Waals surface area contributed by atoms with E-state index in [1.807, 2.05) is 0 Å². The lowest BCUT2D eigenvalue weighted by molar-refractivity contribution is 0.580. The van der Waals surface area contributed by atoms with E-state index >= 15 is 0 Å². The number of hydrazine groups is 1. The lowest BCUT2D eigenvalue weighted by Gasteiger charge is -2.17. The molecule has 0 heterocycles. The molecule has 1 aliphatic rings. The van der Waals surface area contributed by atoms with Gasteiger partial charge in [-0.1, -0.05) is 18.6 Å². The fourth-order valence-electron chi connectivity index (χ4n) is 2.23. The summed E-state index contributed by atoms with van der Waals surface area (Å²) in [6.07, 6.45) is 2.23. The number of anilines is 1. The Morgan fingerprint density at radius 3 is 2.59 bits per heavy atom. The van der Waals surface area contributed by atoms with Crippen molar-refractivity contribution in [1.29, 1.82) is 0 Å². The van der Waals surface area contributed by atoms with Gasteiger partial charge in [0.2, 0.25) is 0 Å². The van der Waals surface area contributed by atoms with Gasteiger partial charge in [0.25, 0.3) is 0 Å². The van der Waals surface area contributed by atoms with Crippen molar-refractivity contribution in [2.45, 2.75) is 34.8 Å². The van der Waals surface area contributed by atoms with Crippen molar-refractivity contribution in [2.75, 3.05) is 5.43 Å². The van der Waals surface area contributed by atoms with Gasteiger partial charge in [0, 0.05) is 0 Å². The van der Waals surface area contributed by atoms with Crippen molar-refractivity contribution in [3.05, 3.63) is 24.3 Å². The van der Waals surface area contributed by atoms with Crippen LogP contribution >= 0.6 is 11.6 Å². The second kappa shape index (κ2) is 4.84. The molecule has 0 aliphatic heterocycles. The van der Waals surface area contributed by atoms with Crippen LogP contribution in [0.5, 0.6) is 0 Å². The van der Waals surface area contributed by atoms with Crippen LogP contribution in [0.15, 0.2) is 29.2 Å². The van der Waals surface area contributed by atoms with Crippen molar-refractivity contribution < 1.29 is 8.42 Å². The van der Waals surface area contributed by atoms with Gasteiger partial charge in [-0.3, -0.25) is 5.84 Å². The minimum absolute atomic E-state index is 0.236. The Morgan fingerprint density at radius 2 is 2.00 bits per heavy atom. The Bertz CT molecular complexity index is 504. The van der Waals surface area contributed by atoms with Crippen LogP contribution in [0, 0.1) is 0 Å². The maximum absolute atomic E-state index is 12.4. The van der Waals surface area contributed by atoms with Crippen LogP contribution in [0.25, 0.3) is 0 Å². The molecule has 2 rings (SSSR count). The summed E-state index contributed by atoms with van der Waals surface area (Å²) in [5.41, 5.74) is 2.84. The molecule has 0 amide bonds. The van der Waals surface area contributed by atoms with E-state index < -0.39 is 15.1 Å². The van der Waals surface area contributed by atoms with E-state index in [-0.39, 0.29) is 10.3 Å². The van der Waals surface area contributed by atoms with Gasteiger partial charge in [0.15, 0.2) is 9.84 Å². The molecule has 0 radical (unpaired) electrons. The highest BCUT2D eigenvalue weighted by molar-refractivity contribution is 7.92. The zero-order valence-corrected chi connectivity index (χ0v) is 10.8. The van der Waals surface area contributed by atoms with Gasteiger partial charge < -0.3 is 5.43 Å². The number of rotatable bonds is 3. The first-order chi connectivity index (χ1) is 8.07. The fraction of sp³-hybridized carbons (Fsp3) is 0.455. The van der Waals surface area contributed by atoms with Crippen molar-refractivity contribution in [1.82, 2.24) is 0 Å². The highest BCUT2D eigenvalue weighted by Crippen LogP contribution is 2.35. The monoisotopic (exact) mass is 274 g/mol. The molecule has 0 aromatic heterocycles. The van der Waals surface area contributed by atoms with Gasteiger partial charge in [0.1, 0.15) is 0 Å². The molecule has 94 valence electrons. The van der Waals surface area contributed by atoms with Crippen LogP contribution < -0.4 is 11.3 Å². The largest absolute Gasteiger partial charge is 0.323 e. The third-order valence-electron chi connectivity index (χ3n) is 3.12. The molecular formula is C11H15ClN2O2S. The summed E-state index contributed by atoms with van der Waals surface area (Å²) in [7, 11) is -3.41. The molecule has 2 atom stereocenters. The number of sulfone groups is 1. The molecule has 1 saturated carbocycles. The molecule has 1 aromatic rings. The average Bonchev–Trinajstić information content (AvgIpc) is 2.76. The third-order valence-corrected chi connectivity index (χ3v) is 6.12. The van der Waals surface area contributed by atoms with E-state index in [1.165, 1.54) is 0 Å². The first-order valence-corrected chi connectivity index (χ1v) is 7.49. The molecule has 1 fully saturated rings. The number of nitrogen functional groups attached to an aromatic ring is 1. The number of hydrogen-bond donors (Lipinski definition) is 2. The van der Waals surface area contributed by atoms with Gasteiger partial charge in [-0.2, -0.15) is 0 Å². The molecule has 4 nitrogen and oxygen atoms in total. The summed E-state index contributed by atoms with van der Waals surface area (Å²) in [6, 6.07) is 6.63. The molecule has 0 bridgehead atoms. The van der Waals surface area contributed by atoms with E-state index in [9.17, 15) is 8.42 Å². The molecule has 1 aliphatic carbocycles. The smallest absolute Gasteiger partial charge is 0.184 e. The van der Waals surface area contributed by atoms with E-state index in [0.717, 1.165) is 12.8 Å². The van der Waals surface area contributed by atoms with Crippen LogP contribution in [0.4, 0.5) is 5.69 Å². The Morgan fingerprint density at radius 1 is 1.29 bits per heavy atom. The zero-order chi connectivity index (χ0) is 12.5. The maximum atomic E-state index is 12.4. The quantitative estimate of drug-likeness (QED) is 0.502. The first-order valence-electron chi connectivity index (χ1n) is 5.51. The molecule has 1 aromatic carbocycles. The van der Waals surface area contributed by atoms with Gasteiger partial charge >= 0.3 is 0 Å². The highest BCUT2D eigenvalue weighted by atomic mass is 35.5. The molecular weight excluding hydrogens is 260 g/mol.